The van der Waals surface area contributed by atoms with Crippen molar-refractivity contribution < 1.29 is 4.79 Å². The second-order valence-electron chi connectivity index (χ2n) is 6.46. The first-order valence-electron chi connectivity index (χ1n) is 8.69. The summed E-state index contributed by atoms with van der Waals surface area (Å²) in [6.45, 7) is 1.92. The van der Waals surface area contributed by atoms with Crippen LogP contribution in [0.15, 0.2) is 59.1 Å². The van der Waals surface area contributed by atoms with Gasteiger partial charge in [-0.25, -0.2) is 4.98 Å². The number of aromatic amines is 1. The lowest BCUT2D eigenvalue weighted by Crippen LogP contribution is -2.12. The van der Waals surface area contributed by atoms with Gasteiger partial charge in [0.25, 0.3) is 5.91 Å². The van der Waals surface area contributed by atoms with E-state index in [1.54, 1.807) is 24.3 Å². The molecule has 0 radical (unpaired) electrons. The number of hydrogen-bond acceptors (Lipinski definition) is 3. The molecule has 8 heteroatoms. The van der Waals surface area contributed by atoms with Crippen LogP contribution in [0.4, 0.5) is 17.3 Å². The third-order valence-electron chi connectivity index (χ3n) is 4.36. The minimum absolute atomic E-state index is 0.205. The highest BCUT2D eigenvalue weighted by atomic mass is 79.9. The largest absolute Gasteiger partial charge is 0.324 e. The maximum atomic E-state index is 12.7. The average molecular weight is 490 g/mol. The Labute approximate surface area is 185 Å². The zero-order valence-electron chi connectivity index (χ0n) is 15.2. The molecular weight excluding hydrogens is 475 g/mol. The van der Waals surface area contributed by atoms with E-state index in [-0.39, 0.29) is 5.91 Å². The number of anilines is 3. The molecule has 4 rings (SSSR count). The molecule has 0 atom stereocenters. The number of carbonyl (C=O) groups is 1. The van der Waals surface area contributed by atoms with Gasteiger partial charge >= 0.3 is 0 Å². The molecule has 1 aromatic heterocycles. The maximum Gasteiger partial charge on any atom is 0.255 e. The standard InChI is InChI=1S/C21H15BrCl2N4O/c1-11-9-12(20(29)25-14-7-5-13(22)6-8-14)10-17-18(11)27-21(26-17)28-19-15(23)3-2-4-16(19)24/h2-10H,1H3,(H,25,29)(H2,26,27,28). The Hall–Kier alpha value is -2.54. The van der Waals surface area contributed by atoms with Gasteiger partial charge in [-0.05, 0) is 61.0 Å². The third kappa shape index (κ3) is 4.24. The monoisotopic (exact) mass is 488 g/mol. The van der Waals surface area contributed by atoms with Crippen molar-refractivity contribution in [1.82, 2.24) is 9.97 Å². The summed E-state index contributed by atoms with van der Waals surface area (Å²) >= 11 is 15.8. The first-order chi connectivity index (χ1) is 13.9. The van der Waals surface area contributed by atoms with E-state index in [1.807, 2.05) is 37.3 Å². The van der Waals surface area contributed by atoms with Crippen molar-refractivity contribution in [1.29, 1.82) is 0 Å². The van der Waals surface area contributed by atoms with E-state index in [9.17, 15) is 4.79 Å². The van der Waals surface area contributed by atoms with Crippen LogP contribution in [0.1, 0.15) is 15.9 Å². The molecule has 1 amide bonds. The zero-order valence-corrected chi connectivity index (χ0v) is 18.3. The Balaban J connectivity index is 1.63. The number of nitrogens with one attached hydrogen (secondary N) is 3. The Kier molecular flexibility index (Phi) is 5.50. The van der Waals surface area contributed by atoms with Crippen LogP contribution < -0.4 is 10.6 Å². The van der Waals surface area contributed by atoms with Crippen LogP contribution in [-0.4, -0.2) is 15.9 Å². The molecule has 3 aromatic carbocycles. The summed E-state index contributed by atoms with van der Waals surface area (Å²) in [4.78, 5) is 20.4. The van der Waals surface area contributed by atoms with Crippen LogP contribution in [0.5, 0.6) is 0 Å². The van der Waals surface area contributed by atoms with Gasteiger partial charge in [-0.1, -0.05) is 45.2 Å². The Bertz CT molecular complexity index is 1200. The number of para-hydroxylation sites is 1. The van der Waals surface area contributed by atoms with Gasteiger partial charge in [0.15, 0.2) is 0 Å². The van der Waals surface area contributed by atoms with Crippen LogP contribution in [0.25, 0.3) is 11.0 Å². The van der Waals surface area contributed by atoms with Gasteiger partial charge in [0.2, 0.25) is 5.95 Å². The molecule has 0 saturated carbocycles. The highest BCUT2D eigenvalue weighted by Crippen LogP contribution is 2.32. The van der Waals surface area contributed by atoms with Gasteiger partial charge in [0, 0.05) is 15.7 Å². The molecule has 1 heterocycles. The number of aryl methyl sites for hydroxylation is 1. The van der Waals surface area contributed by atoms with Crippen molar-refractivity contribution in [3.63, 3.8) is 0 Å². The van der Waals surface area contributed by atoms with Crippen molar-refractivity contribution in [2.24, 2.45) is 0 Å². The normalized spacial score (nSPS) is 10.9. The Morgan fingerprint density at radius 2 is 1.76 bits per heavy atom. The molecule has 0 fully saturated rings. The molecule has 3 N–H and O–H groups in total. The van der Waals surface area contributed by atoms with Crippen molar-refractivity contribution in [3.05, 3.63) is 80.2 Å². The molecular formula is C21H15BrCl2N4O. The van der Waals surface area contributed by atoms with E-state index in [0.29, 0.717) is 38.4 Å². The quantitative estimate of drug-likeness (QED) is 0.291. The zero-order chi connectivity index (χ0) is 20.5. The SMILES string of the molecule is Cc1cc(C(=O)Nc2ccc(Br)cc2)cc2nc(Nc3c(Cl)cccc3Cl)[nH]c12. The second kappa shape index (κ2) is 8.06. The topological polar surface area (TPSA) is 69.8 Å². The number of rotatable bonds is 4. The minimum atomic E-state index is -0.205. The van der Waals surface area contributed by atoms with E-state index < -0.39 is 0 Å². The summed E-state index contributed by atoms with van der Waals surface area (Å²) in [5.74, 6) is 0.285. The first kappa shape index (κ1) is 19.8. The summed E-state index contributed by atoms with van der Waals surface area (Å²) in [6, 6.07) is 16.2. The highest BCUT2D eigenvalue weighted by molar-refractivity contribution is 9.10. The van der Waals surface area contributed by atoms with Crippen molar-refractivity contribution >= 4 is 73.4 Å². The van der Waals surface area contributed by atoms with Gasteiger partial charge in [-0.3, -0.25) is 4.79 Å². The summed E-state index contributed by atoms with van der Waals surface area (Å²) < 4.78 is 0.947. The maximum absolute atomic E-state index is 12.7. The summed E-state index contributed by atoms with van der Waals surface area (Å²) in [5.41, 5.74) is 4.20. The molecule has 0 saturated heterocycles. The third-order valence-corrected chi connectivity index (χ3v) is 5.52. The Morgan fingerprint density at radius 1 is 1.07 bits per heavy atom. The van der Waals surface area contributed by atoms with E-state index >= 15 is 0 Å². The van der Waals surface area contributed by atoms with E-state index in [4.69, 9.17) is 23.2 Å². The minimum Gasteiger partial charge on any atom is -0.324 e. The van der Waals surface area contributed by atoms with E-state index in [2.05, 4.69) is 36.5 Å². The first-order valence-corrected chi connectivity index (χ1v) is 10.2. The number of halogens is 3. The van der Waals surface area contributed by atoms with Crippen molar-refractivity contribution in [2.75, 3.05) is 10.6 Å². The molecule has 4 aromatic rings. The van der Waals surface area contributed by atoms with Gasteiger partial charge in [0.1, 0.15) is 0 Å². The van der Waals surface area contributed by atoms with Crippen LogP contribution >= 0.6 is 39.1 Å². The van der Waals surface area contributed by atoms with Crippen molar-refractivity contribution in [2.45, 2.75) is 6.92 Å². The number of nitrogens with zero attached hydrogens (tertiary/aromatic N) is 1. The molecule has 0 aliphatic heterocycles. The smallest absolute Gasteiger partial charge is 0.255 e. The fraction of sp³-hybridized carbons (Fsp3) is 0.0476. The highest BCUT2D eigenvalue weighted by Gasteiger charge is 2.14. The molecule has 146 valence electrons. The van der Waals surface area contributed by atoms with Gasteiger partial charge < -0.3 is 15.6 Å². The van der Waals surface area contributed by atoms with E-state index in [1.165, 1.54) is 0 Å². The molecule has 0 spiro atoms. The fourth-order valence-electron chi connectivity index (χ4n) is 2.95. The average Bonchev–Trinajstić information content (AvgIpc) is 3.10. The molecule has 0 bridgehead atoms. The summed E-state index contributed by atoms with van der Waals surface area (Å²) in [7, 11) is 0. The number of hydrogen-bond donors (Lipinski definition) is 3. The summed E-state index contributed by atoms with van der Waals surface area (Å²) in [6.07, 6.45) is 0. The second-order valence-corrected chi connectivity index (χ2v) is 8.19. The fourth-order valence-corrected chi connectivity index (χ4v) is 3.70. The molecule has 29 heavy (non-hydrogen) atoms. The number of aromatic nitrogens is 2. The number of H-pyrrole nitrogens is 1. The predicted molar refractivity (Wildman–Crippen MR) is 123 cm³/mol. The number of benzene rings is 3. The summed E-state index contributed by atoms with van der Waals surface area (Å²) in [5, 5.41) is 6.99. The lowest BCUT2D eigenvalue weighted by Gasteiger charge is -2.07. The van der Waals surface area contributed by atoms with Crippen LogP contribution in [0, 0.1) is 6.92 Å². The van der Waals surface area contributed by atoms with Gasteiger partial charge in [-0.2, -0.15) is 0 Å². The number of carbonyl (C=O) groups excluding carboxylic acids is 1. The predicted octanol–water partition coefficient (Wildman–Crippen LogP) is 6.94. The van der Waals surface area contributed by atoms with Crippen LogP contribution in [-0.2, 0) is 0 Å². The molecule has 0 unspecified atom stereocenters. The molecule has 0 aliphatic carbocycles. The number of amides is 1. The van der Waals surface area contributed by atoms with E-state index in [0.717, 1.165) is 15.6 Å². The van der Waals surface area contributed by atoms with Gasteiger partial charge in [-0.15, -0.1) is 0 Å². The lowest BCUT2D eigenvalue weighted by molar-refractivity contribution is 0.102. The Morgan fingerprint density at radius 3 is 2.45 bits per heavy atom. The van der Waals surface area contributed by atoms with Crippen LogP contribution in [0.2, 0.25) is 10.0 Å². The van der Waals surface area contributed by atoms with Crippen LogP contribution in [0.3, 0.4) is 0 Å². The number of imidazole rings is 1. The molecule has 5 nitrogen and oxygen atoms in total. The lowest BCUT2D eigenvalue weighted by atomic mass is 10.1. The van der Waals surface area contributed by atoms with Gasteiger partial charge in [0.05, 0.1) is 26.8 Å². The number of fused-ring (bicyclic) bond motifs is 1. The molecule has 0 aliphatic rings. The van der Waals surface area contributed by atoms with Crippen molar-refractivity contribution in [3.8, 4) is 0 Å².